The van der Waals surface area contributed by atoms with E-state index in [0.717, 1.165) is 12.8 Å². The fourth-order valence-corrected chi connectivity index (χ4v) is 1.35. The first kappa shape index (κ1) is 13.9. The molecule has 0 aromatic heterocycles. The van der Waals surface area contributed by atoms with Crippen LogP contribution in [-0.2, 0) is 4.79 Å². The number of nitriles is 1. The van der Waals surface area contributed by atoms with E-state index in [1.54, 1.807) is 0 Å². The molecule has 0 spiro atoms. The maximum absolute atomic E-state index is 12.7. The highest BCUT2D eigenvalue weighted by Crippen LogP contribution is 2.08. The fraction of sp³-hybridized carbons (Fsp3) is 0.286. The summed E-state index contributed by atoms with van der Waals surface area (Å²) in [7, 11) is 0. The van der Waals surface area contributed by atoms with E-state index in [2.05, 4.69) is 5.32 Å². The molecule has 1 rings (SSSR count). The van der Waals surface area contributed by atoms with Gasteiger partial charge < -0.3 is 5.32 Å². The van der Waals surface area contributed by atoms with Crippen LogP contribution in [0.15, 0.2) is 29.8 Å². The minimum atomic E-state index is -0.393. The first-order valence-electron chi connectivity index (χ1n) is 5.83. The molecule has 18 heavy (non-hydrogen) atoms. The van der Waals surface area contributed by atoms with E-state index in [-0.39, 0.29) is 11.4 Å². The van der Waals surface area contributed by atoms with Crippen molar-refractivity contribution < 1.29 is 9.18 Å². The number of nitrogens with zero attached hydrogens (tertiary/aromatic N) is 1. The summed E-state index contributed by atoms with van der Waals surface area (Å²) in [5, 5.41) is 11.6. The van der Waals surface area contributed by atoms with Crippen molar-refractivity contribution in [2.24, 2.45) is 0 Å². The van der Waals surface area contributed by atoms with E-state index in [1.165, 1.54) is 30.3 Å². The second kappa shape index (κ2) is 7.23. The SMILES string of the molecule is CCCCNC(=O)/C(C#N)=C/c1ccc(F)cc1. The average molecular weight is 246 g/mol. The van der Waals surface area contributed by atoms with Crippen molar-refractivity contribution in [2.75, 3.05) is 6.54 Å². The zero-order valence-electron chi connectivity index (χ0n) is 10.2. The summed E-state index contributed by atoms with van der Waals surface area (Å²) in [5.74, 6) is -0.742. The average Bonchev–Trinajstić information content (AvgIpc) is 2.38. The lowest BCUT2D eigenvalue weighted by molar-refractivity contribution is -0.117. The van der Waals surface area contributed by atoms with Crippen molar-refractivity contribution in [3.05, 3.63) is 41.2 Å². The van der Waals surface area contributed by atoms with Crippen molar-refractivity contribution in [1.82, 2.24) is 5.32 Å². The summed E-state index contributed by atoms with van der Waals surface area (Å²) in [4.78, 5) is 11.6. The van der Waals surface area contributed by atoms with E-state index in [1.807, 2.05) is 13.0 Å². The smallest absolute Gasteiger partial charge is 0.261 e. The molecule has 0 aliphatic rings. The Morgan fingerprint density at radius 1 is 1.44 bits per heavy atom. The molecule has 0 aliphatic heterocycles. The number of hydrogen-bond acceptors (Lipinski definition) is 2. The third kappa shape index (κ3) is 4.38. The van der Waals surface area contributed by atoms with Crippen LogP contribution in [0.4, 0.5) is 4.39 Å². The molecule has 1 amide bonds. The summed E-state index contributed by atoms with van der Waals surface area (Å²) >= 11 is 0. The lowest BCUT2D eigenvalue weighted by Gasteiger charge is -2.02. The Morgan fingerprint density at radius 2 is 2.11 bits per heavy atom. The van der Waals surface area contributed by atoms with Gasteiger partial charge in [-0.05, 0) is 30.2 Å². The zero-order chi connectivity index (χ0) is 13.4. The van der Waals surface area contributed by atoms with E-state index in [9.17, 15) is 9.18 Å². The third-order valence-corrected chi connectivity index (χ3v) is 2.36. The van der Waals surface area contributed by atoms with Gasteiger partial charge >= 0.3 is 0 Å². The van der Waals surface area contributed by atoms with Crippen LogP contribution in [0.5, 0.6) is 0 Å². The van der Waals surface area contributed by atoms with Gasteiger partial charge in [0.1, 0.15) is 17.5 Å². The summed E-state index contributed by atoms with van der Waals surface area (Å²) in [6.45, 7) is 2.57. The van der Waals surface area contributed by atoms with Crippen LogP contribution in [0.25, 0.3) is 6.08 Å². The molecule has 94 valence electrons. The molecule has 3 nitrogen and oxygen atoms in total. The number of amides is 1. The van der Waals surface area contributed by atoms with Crippen LogP contribution in [0.2, 0.25) is 0 Å². The largest absolute Gasteiger partial charge is 0.351 e. The molecular weight excluding hydrogens is 231 g/mol. The van der Waals surface area contributed by atoms with Gasteiger partial charge in [-0.1, -0.05) is 25.5 Å². The van der Waals surface area contributed by atoms with Crippen LogP contribution in [0.1, 0.15) is 25.3 Å². The van der Waals surface area contributed by atoms with Crippen molar-refractivity contribution >= 4 is 12.0 Å². The minimum Gasteiger partial charge on any atom is -0.351 e. The number of carbonyl (C=O) groups is 1. The van der Waals surface area contributed by atoms with Crippen molar-refractivity contribution in [2.45, 2.75) is 19.8 Å². The summed E-state index contributed by atoms with van der Waals surface area (Å²) in [6.07, 6.45) is 3.30. The highest BCUT2D eigenvalue weighted by Gasteiger charge is 2.07. The molecule has 1 aromatic rings. The van der Waals surface area contributed by atoms with Crippen molar-refractivity contribution in [3.63, 3.8) is 0 Å². The Labute approximate surface area is 106 Å². The van der Waals surface area contributed by atoms with E-state index in [4.69, 9.17) is 5.26 Å². The van der Waals surface area contributed by atoms with Gasteiger partial charge in [-0.2, -0.15) is 5.26 Å². The number of halogens is 1. The molecule has 0 heterocycles. The molecule has 0 bridgehead atoms. The number of unbranched alkanes of at least 4 members (excludes halogenated alkanes) is 1. The van der Waals surface area contributed by atoms with Crippen LogP contribution in [0, 0.1) is 17.1 Å². The molecular formula is C14H15FN2O. The molecule has 0 aliphatic carbocycles. The van der Waals surface area contributed by atoms with Gasteiger partial charge in [0.2, 0.25) is 0 Å². The maximum atomic E-state index is 12.7. The minimum absolute atomic E-state index is 0.0257. The Morgan fingerprint density at radius 3 is 2.67 bits per heavy atom. The van der Waals surface area contributed by atoms with Crippen LogP contribution in [0.3, 0.4) is 0 Å². The molecule has 0 saturated heterocycles. The second-order valence-corrected chi connectivity index (χ2v) is 3.83. The predicted octanol–water partition coefficient (Wildman–Crippen LogP) is 2.65. The van der Waals surface area contributed by atoms with Gasteiger partial charge in [-0.15, -0.1) is 0 Å². The molecule has 4 heteroatoms. The number of carbonyl (C=O) groups excluding carboxylic acids is 1. The summed E-state index contributed by atoms with van der Waals surface area (Å²) < 4.78 is 12.7. The van der Waals surface area contributed by atoms with Gasteiger partial charge in [-0.25, -0.2) is 4.39 Å². The monoisotopic (exact) mass is 246 g/mol. The standard InChI is InChI=1S/C14H15FN2O/c1-2-3-8-17-14(18)12(10-16)9-11-4-6-13(15)7-5-11/h4-7,9H,2-3,8H2,1H3,(H,17,18)/b12-9+. The van der Waals surface area contributed by atoms with Crippen LogP contribution >= 0.6 is 0 Å². The number of nitrogens with one attached hydrogen (secondary N) is 1. The van der Waals surface area contributed by atoms with Crippen LogP contribution < -0.4 is 5.32 Å². The molecule has 0 fully saturated rings. The Bertz CT molecular complexity index is 472. The van der Waals surface area contributed by atoms with Crippen molar-refractivity contribution in [3.8, 4) is 6.07 Å². The van der Waals surface area contributed by atoms with Crippen molar-refractivity contribution in [1.29, 1.82) is 5.26 Å². The number of benzene rings is 1. The molecule has 0 radical (unpaired) electrons. The van der Waals surface area contributed by atoms with E-state index < -0.39 is 5.91 Å². The fourth-order valence-electron chi connectivity index (χ4n) is 1.35. The third-order valence-electron chi connectivity index (χ3n) is 2.36. The topological polar surface area (TPSA) is 52.9 Å². The van der Waals surface area contributed by atoms with Gasteiger partial charge in [0, 0.05) is 6.54 Å². The quantitative estimate of drug-likeness (QED) is 0.493. The van der Waals surface area contributed by atoms with E-state index >= 15 is 0 Å². The molecule has 1 N–H and O–H groups in total. The van der Waals surface area contributed by atoms with E-state index in [0.29, 0.717) is 12.1 Å². The second-order valence-electron chi connectivity index (χ2n) is 3.83. The van der Waals surface area contributed by atoms with Gasteiger partial charge in [-0.3, -0.25) is 4.79 Å². The molecule has 1 aromatic carbocycles. The lowest BCUT2D eigenvalue weighted by Crippen LogP contribution is -2.25. The maximum Gasteiger partial charge on any atom is 0.261 e. The first-order chi connectivity index (χ1) is 8.67. The Kier molecular flexibility index (Phi) is 5.59. The van der Waals surface area contributed by atoms with Crippen LogP contribution in [-0.4, -0.2) is 12.5 Å². The van der Waals surface area contributed by atoms with Gasteiger partial charge in [0.25, 0.3) is 5.91 Å². The molecule has 0 atom stereocenters. The number of rotatable bonds is 5. The Balaban J connectivity index is 2.74. The molecule has 0 saturated carbocycles. The predicted molar refractivity (Wildman–Crippen MR) is 67.9 cm³/mol. The van der Waals surface area contributed by atoms with Gasteiger partial charge in [0.15, 0.2) is 0 Å². The summed E-state index contributed by atoms with van der Waals surface area (Å²) in [5.41, 5.74) is 0.649. The highest BCUT2D eigenvalue weighted by atomic mass is 19.1. The highest BCUT2D eigenvalue weighted by molar-refractivity contribution is 6.01. The normalized spacial score (nSPS) is 10.8. The lowest BCUT2D eigenvalue weighted by atomic mass is 10.1. The first-order valence-corrected chi connectivity index (χ1v) is 5.83. The zero-order valence-corrected chi connectivity index (χ0v) is 10.2. The summed E-state index contributed by atoms with van der Waals surface area (Å²) in [6, 6.07) is 7.46. The molecule has 0 unspecified atom stereocenters. The Hall–Kier alpha value is -2.15. The van der Waals surface area contributed by atoms with Gasteiger partial charge in [0.05, 0.1) is 0 Å². The number of hydrogen-bond donors (Lipinski definition) is 1.